The predicted octanol–water partition coefficient (Wildman–Crippen LogP) is 6.13. The molecule has 0 amide bonds. The van der Waals surface area contributed by atoms with Gasteiger partial charge in [-0.1, -0.05) is 48.2 Å². The highest BCUT2D eigenvalue weighted by Crippen LogP contribution is 2.24. The van der Waals surface area contributed by atoms with Crippen LogP contribution in [0.3, 0.4) is 0 Å². The smallest absolute Gasteiger partial charge is 0.119 e. The fraction of sp³-hybridized carbons (Fsp3) is 0.0870. The molecule has 0 N–H and O–H groups in total. The molecule has 0 radical (unpaired) electrons. The molecule has 0 aliphatic heterocycles. The maximum Gasteiger partial charge on any atom is 0.119 e. The second kappa shape index (κ2) is 9.64. The third kappa shape index (κ3) is 5.50. The lowest BCUT2D eigenvalue weighted by atomic mass is 10.1. The molecular formula is C23H21NO2S. The Balaban J connectivity index is 1.88. The molecule has 136 valence electrons. The number of rotatable bonds is 7. The molecule has 27 heavy (non-hydrogen) atoms. The van der Waals surface area contributed by atoms with Crippen molar-refractivity contribution >= 4 is 23.2 Å². The Kier molecular flexibility index (Phi) is 6.72. The molecule has 0 atom stereocenters. The molecule has 0 fully saturated rings. The molecule has 4 heteroatoms. The van der Waals surface area contributed by atoms with E-state index in [9.17, 15) is 0 Å². The summed E-state index contributed by atoms with van der Waals surface area (Å²) in [4.78, 5) is 5.91. The van der Waals surface area contributed by atoms with Crippen molar-refractivity contribution < 1.29 is 9.47 Å². The SMILES string of the molecule is COc1cccc(SC=CC(=Nc2ccccc2)c2cccc(OC)c2)c1. The van der Waals surface area contributed by atoms with Crippen molar-refractivity contribution in [1.29, 1.82) is 0 Å². The van der Waals surface area contributed by atoms with Crippen LogP contribution in [-0.2, 0) is 0 Å². The zero-order chi connectivity index (χ0) is 18.9. The molecular weight excluding hydrogens is 354 g/mol. The number of allylic oxidation sites excluding steroid dienone is 1. The monoisotopic (exact) mass is 375 g/mol. The van der Waals surface area contributed by atoms with Gasteiger partial charge >= 0.3 is 0 Å². The first kappa shape index (κ1) is 18.8. The number of ether oxygens (including phenoxy) is 2. The summed E-state index contributed by atoms with van der Waals surface area (Å²) in [5.41, 5.74) is 2.78. The average Bonchev–Trinajstić information content (AvgIpc) is 2.74. The molecule has 3 rings (SSSR count). The van der Waals surface area contributed by atoms with E-state index in [1.54, 1.807) is 26.0 Å². The van der Waals surface area contributed by atoms with Gasteiger partial charge in [0.15, 0.2) is 0 Å². The zero-order valence-electron chi connectivity index (χ0n) is 15.3. The molecule has 3 aromatic rings. The van der Waals surface area contributed by atoms with Gasteiger partial charge in [-0.25, -0.2) is 4.99 Å². The predicted molar refractivity (Wildman–Crippen MR) is 114 cm³/mol. The van der Waals surface area contributed by atoms with Gasteiger partial charge in [0.1, 0.15) is 11.5 Å². The lowest BCUT2D eigenvalue weighted by molar-refractivity contribution is 0.413. The first-order valence-corrected chi connectivity index (χ1v) is 9.42. The lowest BCUT2D eigenvalue weighted by Gasteiger charge is -2.06. The molecule has 0 spiro atoms. The van der Waals surface area contributed by atoms with Crippen molar-refractivity contribution in [3.63, 3.8) is 0 Å². The summed E-state index contributed by atoms with van der Waals surface area (Å²) in [5.74, 6) is 1.65. The highest BCUT2D eigenvalue weighted by Gasteiger charge is 2.03. The highest BCUT2D eigenvalue weighted by molar-refractivity contribution is 8.02. The molecule has 0 heterocycles. The summed E-state index contributed by atoms with van der Waals surface area (Å²) in [7, 11) is 3.34. The Bertz CT molecular complexity index is 936. The Morgan fingerprint density at radius 1 is 0.815 bits per heavy atom. The molecule has 0 unspecified atom stereocenters. The summed E-state index contributed by atoms with van der Waals surface area (Å²) in [6, 6.07) is 25.8. The van der Waals surface area contributed by atoms with Gasteiger partial charge in [0.2, 0.25) is 0 Å². The number of benzene rings is 3. The third-order valence-electron chi connectivity index (χ3n) is 3.84. The first-order chi connectivity index (χ1) is 13.3. The second-order valence-electron chi connectivity index (χ2n) is 5.66. The molecule has 3 aromatic carbocycles. The fourth-order valence-electron chi connectivity index (χ4n) is 2.47. The minimum absolute atomic E-state index is 0.808. The molecule has 0 saturated heterocycles. The fourth-order valence-corrected chi connectivity index (χ4v) is 3.17. The van der Waals surface area contributed by atoms with E-state index in [2.05, 4.69) is 6.07 Å². The summed E-state index contributed by atoms with van der Waals surface area (Å²) in [5, 5.41) is 2.04. The van der Waals surface area contributed by atoms with Crippen LogP contribution in [0.4, 0.5) is 5.69 Å². The summed E-state index contributed by atoms with van der Waals surface area (Å²) < 4.78 is 10.6. The second-order valence-corrected chi connectivity index (χ2v) is 6.64. The van der Waals surface area contributed by atoms with E-state index in [1.807, 2.05) is 84.3 Å². The van der Waals surface area contributed by atoms with Crippen LogP contribution >= 0.6 is 11.8 Å². The van der Waals surface area contributed by atoms with Crippen molar-refractivity contribution in [2.75, 3.05) is 14.2 Å². The van der Waals surface area contributed by atoms with Crippen LogP contribution in [0.25, 0.3) is 0 Å². The topological polar surface area (TPSA) is 30.8 Å². The Morgan fingerprint density at radius 2 is 1.52 bits per heavy atom. The average molecular weight is 375 g/mol. The Labute approximate surface area is 164 Å². The van der Waals surface area contributed by atoms with Crippen LogP contribution in [0.5, 0.6) is 11.5 Å². The van der Waals surface area contributed by atoms with Crippen molar-refractivity contribution in [2.45, 2.75) is 4.90 Å². The van der Waals surface area contributed by atoms with Crippen LogP contribution in [-0.4, -0.2) is 19.9 Å². The molecule has 0 bridgehead atoms. The van der Waals surface area contributed by atoms with Gasteiger partial charge in [-0.3, -0.25) is 0 Å². The molecule has 0 aliphatic carbocycles. The van der Waals surface area contributed by atoms with E-state index in [1.165, 1.54) is 0 Å². The summed E-state index contributed by atoms with van der Waals surface area (Å²) >= 11 is 1.62. The Hall–Kier alpha value is -2.98. The molecule has 0 saturated carbocycles. The molecule has 3 nitrogen and oxygen atoms in total. The van der Waals surface area contributed by atoms with E-state index >= 15 is 0 Å². The number of nitrogens with zero attached hydrogens (tertiary/aromatic N) is 1. The first-order valence-electron chi connectivity index (χ1n) is 8.54. The van der Waals surface area contributed by atoms with E-state index in [-0.39, 0.29) is 0 Å². The van der Waals surface area contributed by atoms with Crippen LogP contribution in [0.15, 0.2) is 100 Å². The zero-order valence-corrected chi connectivity index (χ0v) is 16.1. The standard InChI is InChI=1S/C23H21NO2S/c1-25-20-11-6-8-18(16-20)23(24-19-9-4-3-5-10-19)14-15-27-22-13-7-12-21(17-22)26-2/h3-17H,1-2H3. The van der Waals surface area contributed by atoms with E-state index < -0.39 is 0 Å². The minimum atomic E-state index is 0.808. The van der Waals surface area contributed by atoms with Crippen LogP contribution in [0, 0.1) is 0 Å². The lowest BCUT2D eigenvalue weighted by Crippen LogP contribution is -1.97. The molecule has 0 aliphatic rings. The van der Waals surface area contributed by atoms with E-state index in [0.717, 1.165) is 33.4 Å². The van der Waals surface area contributed by atoms with Gasteiger partial charge < -0.3 is 9.47 Å². The van der Waals surface area contributed by atoms with Crippen molar-refractivity contribution in [3.05, 3.63) is 95.9 Å². The highest BCUT2D eigenvalue weighted by atomic mass is 32.2. The van der Waals surface area contributed by atoms with Gasteiger partial charge in [-0.15, -0.1) is 0 Å². The number of aliphatic imine (C=N–C) groups is 1. The maximum atomic E-state index is 5.36. The maximum absolute atomic E-state index is 5.36. The van der Waals surface area contributed by atoms with Crippen LogP contribution in [0.2, 0.25) is 0 Å². The largest absolute Gasteiger partial charge is 0.497 e. The van der Waals surface area contributed by atoms with Gasteiger partial charge in [-0.2, -0.15) is 0 Å². The van der Waals surface area contributed by atoms with E-state index in [0.29, 0.717) is 0 Å². The van der Waals surface area contributed by atoms with E-state index in [4.69, 9.17) is 14.5 Å². The molecule has 0 aromatic heterocycles. The summed E-state index contributed by atoms with van der Waals surface area (Å²) in [6.45, 7) is 0. The number of hydrogen-bond donors (Lipinski definition) is 0. The van der Waals surface area contributed by atoms with Gasteiger partial charge in [0, 0.05) is 10.5 Å². The van der Waals surface area contributed by atoms with Gasteiger partial charge in [0.05, 0.1) is 25.6 Å². The summed E-state index contributed by atoms with van der Waals surface area (Å²) in [6.07, 6.45) is 2.02. The van der Waals surface area contributed by atoms with Crippen molar-refractivity contribution in [1.82, 2.24) is 0 Å². The Morgan fingerprint density at radius 3 is 2.26 bits per heavy atom. The number of thioether (sulfide) groups is 1. The minimum Gasteiger partial charge on any atom is -0.497 e. The van der Waals surface area contributed by atoms with Gasteiger partial charge in [-0.05, 0) is 53.9 Å². The van der Waals surface area contributed by atoms with Crippen LogP contribution in [0.1, 0.15) is 5.56 Å². The quantitative estimate of drug-likeness (QED) is 0.368. The van der Waals surface area contributed by atoms with Crippen molar-refractivity contribution in [2.24, 2.45) is 4.99 Å². The number of para-hydroxylation sites is 1. The third-order valence-corrected chi connectivity index (χ3v) is 4.64. The normalized spacial score (nSPS) is 11.6. The van der Waals surface area contributed by atoms with Crippen molar-refractivity contribution in [3.8, 4) is 11.5 Å². The number of hydrogen-bond acceptors (Lipinski definition) is 4. The van der Waals surface area contributed by atoms with Crippen LogP contribution < -0.4 is 9.47 Å². The number of methoxy groups -OCH3 is 2. The van der Waals surface area contributed by atoms with Gasteiger partial charge in [0.25, 0.3) is 0 Å².